The molecule has 6 nitrogen and oxygen atoms in total. The van der Waals surface area contributed by atoms with E-state index in [1.54, 1.807) is 22.6 Å². The van der Waals surface area contributed by atoms with Crippen molar-refractivity contribution in [2.45, 2.75) is 32.4 Å². The molecule has 1 heterocycles. The largest absolute Gasteiger partial charge is 0.480 e. The second kappa shape index (κ2) is 7.83. The van der Waals surface area contributed by atoms with Gasteiger partial charge in [-0.1, -0.05) is 0 Å². The van der Waals surface area contributed by atoms with E-state index in [1.807, 2.05) is 19.2 Å². The number of rotatable bonds is 8. The van der Waals surface area contributed by atoms with Crippen molar-refractivity contribution in [2.24, 2.45) is 0 Å². The summed E-state index contributed by atoms with van der Waals surface area (Å²) in [5.74, 6) is -0.547. The molecule has 0 aliphatic carbocycles. The van der Waals surface area contributed by atoms with Crippen molar-refractivity contribution < 1.29 is 14.7 Å². The molecule has 0 spiro atoms. The number of carbonyl (C=O) groups excluding carboxylic acids is 1. The van der Waals surface area contributed by atoms with E-state index in [1.165, 1.54) is 0 Å². The van der Waals surface area contributed by atoms with Crippen LogP contribution >= 0.6 is 11.8 Å². The van der Waals surface area contributed by atoms with Gasteiger partial charge in [-0.2, -0.15) is 16.9 Å². The minimum atomic E-state index is -0.989. The molecule has 0 saturated carbocycles. The summed E-state index contributed by atoms with van der Waals surface area (Å²) in [6, 6.07) is 1.05. The summed E-state index contributed by atoms with van der Waals surface area (Å²) in [6.07, 6.45) is 4.36. The summed E-state index contributed by atoms with van der Waals surface area (Å²) in [5.41, 5.74) is 0.892. The molecule has 1 atom stereocenters. The van der Waals surface area contributed by atoms with Crippen LogP contribution in [-0.4, -0.2) is 44.8 Å². The molecular formula is C12H19N3O3S. The molecule has 0 saturated heterocycles. The number of hydrogen-bond donors (Lipinski definition) is 2. The fraction of sp³-hybridized carbons (Fsp3) is 0.583. The van der Waals surface area contributed by atoms with Crippen LogP contribution < -0.4 is 5.32 Å². The summed E-state index contributed by atoms with van der Waals surface area (Å²) in [6.45, 7) is 2.33. The summed E-state index contributed by atoms with van der Waals surface area (Å²) < 4.78 is 1.67. The maximum absolute atomic E-state index is 11.7. The average molecular weight is 285 g/mol. The van der Waals surface area contributed by atoms with Crippen LogP contribution in [0.1, 0.15) is 18.5 Å². The number of nitrogens with zero attached hydrogens (tertiary/aromatic N) is 2. The predicted molar refractivity (Wildman–Crippen MR) is 74.1 cm³/mol. The van der Waals surface area contributed by atoms with E-state index in [4.69, 9.17) is 5.11 Å². The van der Waals surface area contributed by atoms with E-state index in [0.717, 1.165) is 5.69 Å². The highest BCUT2D eigenvalue weighted by atomic mass is 32.2. The molecule has 2 N–H and O–H groups in total. The molecular weight excluding hydrogens is 266 g/mol. The third-order valence-electron chi connectivity index (χ3n) is 2.59. The Morgan fingerprint density at radius 3 is 2.84 bits per heavy atom. The molecule has 0 radical (unpaired) electrons. The highest BCUT2D eigenvalue weighted by Gasteiger charge is 2.19. The van der Waals surface area contributed by atoms with E-state index < -0.39 is 12.0 Å². The fourth-order valence-corrected chi connectivity index (χ4v) is 2.03. The van der Waals surface area contributed by atoms with Gasteiger partial charge in [0.1, 0.15) is 6.04 Å². The lowest BCUT2D eigenvalue weighted by molar-refractivity contribution is -0.141. The SMILES string of the molecule is CSCC[C@@H](NC(=O)CCn1ccc(C)n1)C(=O)O. The minimum absolute atomic E-state index is 0.226. The third kappa shape index (κ3) is 5.78. The van der Waals surface area contributed by atoms with Crippen LogP contribution in [-0.2, 0) is 16.1 Å². The highest BCUT2D eigenvalue weighted by molar-refractivity contribution is 7.98. The average Bonchev–Trinajstić information content (AvgIpc) is 2.77. The molecule has 0 fully saturated rings. The second-order valence-electron chi connectivity index (χ2n) is 4.21. The molecule has 106 valence electrons. The number of carboxylic acids is 1. The van der Waals surface area contributed by atoms with Gasteiger partial charge in [-0.3, -0.25) is 9.48 Å². The van der Waals surface area contributed by atoms with Crippen molar-refractivity contribution in [1.82, 2.24) is 15.1 Å². The van der Waals surface area contributed by atoms with Gasteiger partial charge in [-0.05, 0) is 31.4 Å². The molecule has 1 amide bonds. The van der Waals surface area contributed by atoms with Crippen LogP contribution in [0.4, 0.5) is 0 Å². The Morgan fingerprint density at radius 2 is 2.32 bits per heavy atom. The van der Waals surface area contributed by atoms with E-state index in [-0.39, 0.29) is 12.3 Å². The lowest BCUT2D eigenvalue weighted by Crippen LogP contribution is -2.41. The molecule has 0 unspecified atom stereocenters. The Bertz CT molecular complexity index is 434. The number of hydrogen-bond acceptors (Lipinski definition) is 4. The standard InChI is InChI=1S/C12H19N3O3S/c1-9-3-6-15(14-9)7-4-11(16)13-10(12(17)18)5-8-19-2/h3,6,10H,4-5,7-8H2,1-2H3,(H,13,16)(H,17,18)/t10-/m1/s1. The number of aromatic nitrogens is 2. The molecule has 0 aliphatic heterocycles. The van der Waals surface area contributed by atoms with Crippen molar-refractivity contribution in [2.75, 3.05) is 12.0 Å². The molecule has 1 aromatic rings. The molecule has 7 heteroatoms. The van der Waals surface area contributed by atoms with Crippen LogP contribution in [0.2, 0.25) is 0 Å². The van der Waals surface area contributed by atoms with Crippen molar-refractivity contribution in [1.29, 1.82) is 0 Å². The predicted octanol–water partition coefficient (Wildman–Crippen LogP) is 0.904. The number of aliphatic carboxylic acids is 1. The van der Waals surface area contributed by atoms with Crippen LogP contribution in [0.5, 0.6) is 0 Å². The van der Waals surface area contributed by atoms with Crippen molar-refractivity contribution >= 4 is 23.6 Å². The molecule has 19 heavy (non-hydrogen) atoms. The monoisotopic (exact) mass is 285 g/mol. The smallest absolute Gasteiger partial charge is 0.326 e. The Kier molecular flexibility index (Phi) is 6.41. The Hall–Kier alpha value is -1.50. The number of carbonyl (C=O) groups is 2. The first-order valence-electron chi connectivity index (χ1n) is 6.04. The van der Waals surface area contributed by atoms with E-state index >= 15 is 0 Å². The topological polar surface area (TPSA) is 84.2 Å². The Labute approximate surface area is 116 Å². The maximum Gasteiger partial charge on any atom is 0.326 e. The first-order valence-corrected chi connectivity index (χ1v) is 7.43. The molecule has 0 bridgehead atoms. The van der Waals surface area contributed by atoms with Crippen molar-refractivity contribution in [3.8, 4) is 0 Å². The minimum Gasteiger partial charge on any atom is -0.480 e. The maximum atomic E-state index is 11.7. The van der Waals surface area contributed by atoms with Gasteiger partial charge in [-0.15, -0.1) is 0 Å². The lowest BCUT2D eigenvalue weighted by Gasteiger charge is -2.13. The summed E-state index contributed by atoms with van der Waals surface area (Å²) >= 11 is 1.56. The summed E-state index contributed by atoms with van der Waals surface area (Å²) in [4.78, 5) is 22.7. The molecule has 0 aromatic carbocycles. The van der Waals surface area contributed by atoms with E-state index in [2.05, 4.69) is 10.4 Å². The van der Waals surface area contributed by atoms with Gasteiger partial charge in [0.25, 0.3) is 0 Å². The zero-order valence-corrected chi connectivity index (χ0v) is 11.9. The van der Waals surface area contributed by atoms with Crippen molar-refractivity contribution in [3.63, 3.8) is 0 Å². The number of aryl methyl sites for hydroxylation is 2. The first kappa shape index (κ1) is 15.6. The summed E-state index contributed by atoms with van der Waals surface area (Å²) in [7, 11) is 0. The van der Waals surface area contributed by atoms with Crippen LogP contribution in [0.3, 0.4) is 0 Å². The number of nitrogens with one attached hydrogen (secondary N) is 1. The fourth-order valence-electron chi connectivity index (χ4n) is 1.56. The molecule has 0 aliphatic rings. The van der Waals surface area contributed by atoms with Gasteiger partial charge < -0.3 is 10.4 Å². The van der Waals surface area contributed by atoms with Crippen LogP contribution in [0.25, 0.3) is 0 Å². The van der Waals surface area contributed by atoms with Gasteiger partial charge in [0.2, 0.25) is 5.91 Å². The first-order chi connectivity index (χ1) is 9.02. The van der Waals surface area contributed by atoms with Crippen molar-refractivity contribution in [3.05, 3.63) is 18.0 Å². The van der Waals surface area contributed by atoms with Crippen LogP contribution in [0, 0.1) is 6.92 Å². The Morgan fingerprint density at radius 1 is 1.58 bits per heavy atom. The normalized spacial score (nSPS) is 12.1. The third-order valence-corrected chi connectivity index (χ3v) is 3.23. The quantitative estimate of drug-likeness (QED) is 0.741. The van der Waals surface area contributed by atoms with Gasteiger partial charge in [-0.25, -0.2) is 4.79 Å². The zero-order chi connectivity index (χ0) is 14.3. The second-order valence-corrected chi connectivity index (χ2v) is 5.20. The van der Waals surface area contributed by atoms with Gasteiger partial charge >= 0.3 is 5.97 Å². The molecule has 1 aromatic heterocycles. The van der Waals surface area contributed by atoms with E-state index in [0.29, 0.717) is 18.7 Å². The number of thioether (sulfide) groups is 1. The van der Waals surface area contributed by atoms with Gasteiger partial charge in [0, 0.05) is 19.2 Å². The lowest BCUT2D eigenvalue weighted by atomic mass is 10.2. The number of amides is 1. The van der Waals surface area contributed by atoms with E-state index in [9.17, 15) is 9.59 Å². The van der Waals surface area contributed by atoms with Gasteiger partial charge in [0.15, 0.2) is 0 Å². The number of carboxylic acid groups (broad SMARTS) is 1. The van der Waals surface area contributed by atoms with Gasteiger partial charge in [0.05, 0.1) is 5.69 Å². The highest BCUT2D eigenvalue weighted by Crippen LogP contribution is 2.02. The molecule has 1 rings (SSSR count). The zero-order valence-electron chi connectivity index (χ0n) is 11.1. The van der Waals surface area contributed by atoms with Crippen LogP contribution in [0.15, 0.2) is 12.3 Å². The summed E-state index contributed by atoms with van der Waals surface area (Å²) in [5, 5.41) is 15.7. The Balaban J connectivity index is 2.37.